The van der Waals surface area contributed by atoms with Crippen LogP contribution in [0.2, 0.25) is 0 Å². The molecule has 0 aromatic heterocycles. The zero-order chi connectivity index (χ0) is 8.06. The molecule has 2 heterocycles. The summed E-state index contributed by atoms with van der Waals surface area (Å²) >= 11 is 0. The quantitative estimate of drug-likeness (QED) is 0.472. The Hall–Kier alpha value is 0.150. The molecule has 2 fully saturated rings. The SMILES string of the molecule is CCOP1(=O)CC2OC2C1C. The summed E-state index contributed by atoms with van der Waals surface area (Å²) in [6.45, 7) is 4.41. The van der Waals surface area contributed by atoms with Gasteiger partial charge in [-0.05, 0) is 6.92 Å². The smallest absolute Gasteiger partial charge is 0.211 e. The van der Waals surface area contributed by atoms with Crippen LogP contribution in [-0.4, -0.2) is 30.6 Å². The van der Waals surface area contributed by atoms with E-state index in [1.807, 2.05) is 13.8 Å². The Balaban J connectivity index is 2.10. The maximum atomic E-state index is 11.9. The third-order valence-corrected chi connectivity index (χ3v) is 5.60. The fourth-order valence-corrected chi connectivity index (χ4v) is 4.37. The summed E-state index contributed by atoms with van der Waals surface area (Å²) in [6, 6.07) is 0. The first-order chi connectivity index (χ1) is 5.17. The van der Waals surface area contributed by atoms with Crippen LogP contribution in [0.4, 0.5) is 0 Å². The van der Waals surface area contributed by atoms with Crippen LogP contribution in [0.25, 0.3) is 0 Å². The molecule has 0 aromatic rings. The first-order valence-corrected chi connectivity index (χ1v) is 5.94. The number of hydrogen-bond acceptors (Lipinski definition) is 3. The Kier molecular flexibility index (Phi) is 1.64. The fourth-order valence-electron chi connectivity index (χ4n) is 1.76. The van der Waals surface area contributed by atoms with E-state index in [2.05, 4.69) is 0 Å². The van der Waals surface area contributed by atoms with Gasteiger partial charge in [0.1, 0.15) is 0 Å². The minimum absolute atomic E-state index is 0.132. The highest BCUT2D eigenvalue weighted by molar-refractivity contribution is 7.60. The van der Waals surface area contributed by atoms with E-state index in [4.69, 9.17) is 9.26 Å². The van der Waals surface area contributed by atoms with Crippen LogP contribution in [0.3, 0.4) is 0 Å². The number of fused-ring (bicyclic) bond motifs is 1. The second-order valence-corrected chi connectivity index (χ2v) is 6.10. The summed E-state index contributed by atoms with van der Waals surface area (Å²) < 4.78 is 22.4. The summed E-state index contributed by atoms with van der Waals surface area (Å²) in [7, 11) is -2.29. The summed E-state index contributed by atoms with van der Waals surface area (Å²) in [6.07, 6.45) is 1.14. The van der Waals surface area contributed by atoms with Gasteiger partial charge in [-0.25, -0.2) is 0 Å². The van der Waals surface area contributed by atoms with Crippen molar-refractivity contribution in [1.29, 1.82) is 0 Å². The Bertz CT molecular complexity index is 216. The van der Waals surface area contributed by atoms with E-state index >= 15 is 0 Å². The molecule has 4 heteroatoms. The molecule has 0 radical (unpaired) electrons. The van der Waals surface area contributed by atoms with Crippen LogP contribution in [0.5, 0.6) is 0 Å². The van der Waals surface area contributed by atoms with Gasteiger partial charge in [0, 0.05) is 0 Å². The first-order valence-electron chi connectivity index (χ1n) is 4.06. The summed E-state index contributed by atoms with van der Waals surface area (Å²) in [5.41, 5.74) is 0.132. The van der Waals surface area contributed by atoms with Crippen molar-refractivity contribution in [1.82, 2.24) is 0 Å². The molecule has 2 aliphatic rings. The summed E-state index contributed by atoms with van der Waals surface area (Å²) in [5.74, 6) is 0. The molecule has 2 aliphatic heterocycles. The number of rotatable bonds is 2. The van der Waals surface area contributed by atoms with E-state index in [0.717, 1.165) is 0 Å². The molecule has 0 N–H and O–H groups in total. The molecule has 3 nitrogen and oxygen atoms in total. The first kappa shape index (κ1) is 7.78. The predicted octanol–water partition coefficient (Wildman–Crippen LogP) is 1.47. The van der Waals surface area contributed by atoms with Crippen molar-refractivity contribution in [3.63, 3.8) is 0 Å². The zero-order valence-electron chi connectivity index (χ0n) is 6.82. The van der Waals surface area contributed by atoms with Gasteiger partial charge in [0.25, 0.3) is 0 Å². The molecular formula is C7H13O3P. The van der Waals surface area contributed by atoms with Gasteiger partial charge in [-0.3, -0.25) is 4.57 Å². The lowest BCUT2D eigenvalue weighted by molar-refractivity contribution is 0.298. The summed E-state index contributed by atoms with van der Waals surface area (Å²) in [5, 5.41) is 0. The molecule has 0 aromatic carbocycles. The van der Waals surface area contributed by atoms with E-state index in [0.29, 0.717) is 12.8 Å². The second-order valence-electron chi connectivity index (χ2n) is 3.21. The minimum atomic E-state index is -2.29. The molecule has 4 unspecified atom stereocenters. The van der Waals surface area contributed by atoms with Crippen LogP contribution in [0.15, 0.2) is 0 Å². The predicted molar refractivity (Wildman–Crippen MR) is 42.2 cm³/mol. The van der Waals surface area contributed by atoms with Crippen LogP contribution < -0.4 is 0 Å². The zero-order valence-corrected chi connectivity index (χ0v) is 7.71. The van der Waals surface area contributed by atoms with Gasteiger partial charge in [-0.2, -0.15) is 0 Å². The molecule has 0 amide bonds. The van der Waals surface area contributed by atoms with Gasteiger partial charge < -0.3 is 9.26 Å². The van der Waals surface area contributed by atoms with Crippen molar-refractivity contribution >= 4 is 7.37 Å². The Morgan fingerprint density at radius 1 is 1.73 bits per heavy atom. The second kappa shape index (κ2) is 2.32. The van der Waals surface area contributed by atoms with E-state index in [-0.39, 0.29) is 17.9 Å². The van der Waals surface area contributed by atoms with Crippen molar-refractivity contribution in [2.75, 3.05) is 12.8 Å². The van der Waals surface area contributed by atoms with E-state index in [1.54, 1.807) is 0 Å². The molecule has 2 saturated heterocycles. The lowest BCUT2D eigenvalue weighted by Gasteiger charge is -2.17. The topological polar surface area (TPSA) is 38.8 Å². The van der Waals surface area contributed by atoms with Gasteiger partial charge in [0.15, 0.2) is 0 Å². The molecule has 2 rings (SSSR count). The van der Waals surface area contributed by atoms with Crippen molar-refractivity contribution < 1.29 is 13.8 Å². The molecular weight excluding hydrogens is 163 g/mol. The van der Waals surface area contributed by atoms with Gasteiger partial charge in [0.2, 0.25) is 7.37 Å². The van der Waals surface area contributed by atoms with Gasteiger partial charge >= 0.3 is 0 Å². The molecule has 4 atom stereocenters. The van der Waals surface area contributed by atoms with Gasteiger partial charge in [-0.1, -0.05) is 6.92 Å². The van der Waals surface area contributed by atoms with Gasteiger partial charge in [-0.15, -0.1) is 0 Å². The van der Waals surface area contributed by atoms with Gasteiger partial charge in [0.05, 0.1) is 30.6 Å². The highest BCUT2D eigenvalue weighted by Gasteiger charge is 2.60. The Morgan fingerprint density at radius 2 is 2.45 bits per heavy atom. The van der Waals surface area contributed by atoms with E-state index in [9.17, 15) is 4.57 Å². The lowest BCUT2D eigenvalue weighted by atomic mass is 10.3. The lowest BCUT2D eigenvalue weighted by Crippen LogP contribution is -2.09. The fraction of sp³-hybridized carbons (Fsp3) is 1.00. The summed E-state index contributed by atoms with van der Waals surface area (Å²) in [4.78, 5) is 0. The van der Waals surface area contributed by atoms with Crippen LogP contribution in [-0.2, 0) is 13.8 Å². The minimum Gasteiger partial charge on any atom is -0.368 e. The molecule has 0 bridgehead atoms. The highest BCUT2D eigenvalue weighted by Crippen LogP contribution is 2.64. The van der Waals surface area contributed by atoms with Crippen LogP contribution in [0, 0.1) is 0 Å². The maximum Gasteiger partial charge on any atom is 0.211 e. The number of epoxide rings is 1. The number of ether oxygens (including phenoxy) is 1. The third-order valence-electron chi connectivity index (χ3n) is 2.50. The van der Waals surface area contributed by atoms with E-state index in [1.165, 1.54) is 0 Å². The Labute approximate surface area is 66.5 Å². The van der Waals surface area contributed by atoms with Crippen LogP contribution in [0.1, 0.15) is 13.8 Å². The van der Waals surface area contributed by atoms with Crippen molar-refractivity contribution in [2.24, 2.45) is 0 Å². The average Bonchev–Trinajstić information content (AvgIpc) is 2.61. The Morgan fingerprint density at radius 3 is 2.91 bits per heavy atom. The molecule has 64 valence electrons. The van der Waals surface area contributed by atoms with Crippen molar-refractivity contribution in [3.8, 4) is 0 Å². The van der Waals surface area contributed by atoms with Crippen LogP contribution >= 0.6 is 7.37 Å². The molecule has 0 aliphatic carbocycles. The largest absolute Gasteiger partial charge is 0.368 e. The molecule has 11 heavy (non-hydrogen) atoms. The molecule has 0 saturated carbocycles. The van der Waals surface area contributed by atoms with Crippen molar-refractivity contribution in [3.05, 3.63) is 0 Å². The van der Waals surface area contributed by atoms with Crippen molar-refractivity contribution in [2.45, 2.75) is 31.7 Å². The normalized spacial score (nSPS) is 54.2. The standard InChI is InChI=1S/C7H13O3P/c1-3-9-11(8)4-6-7(10-6)5(11)2/h5-7H,3-4H2,1-2H3. The maximum absolute atomic E-state index is 11.9. The average molecular weight is 176 g/mol. The monoisotopic (exact) mass is 176 g/mol. The third kappa shape index (κ3) is 1.07. The molecule has 0 spiro atoms. The highest BCUT2D eigenvalue weighted by atomic mass is 31.2. The van der Waals surface area contributed by atoms with E-state index < -0.39 is 7.37 Å². The number of hydrogen-bond donors (Lipinski definition) is 0.